The highest BCUT2D eigenvalue weighted by Crippen LogP contribution is 2.19. The van der Waals surface area contributed by atoms with Crippen molar-refractivity contribution < 1.29 is 19.1 Å². The van der Waals surface area contributed by atoms with Crippen molar-refractivity contribution in [2.24, 2.45) is 0 Å². The van der Waals surface area contributed by atoms with Gasteiger partial charge in [-0.1, -0.05) is 37.3 Å². The number of nitrogens with one attached hydrogen (secondary N) is 2. The largest absolute Gasteiger partial charge is 0.453 e. The minimum absolute atomic E-state index is 0.0109. The first-order valence-corrected chi connectivity index (χ1v) is 7.65. The topological polar surface area (TPSA) is 84.5 Å². The Kier molecular flexibility index (Phi) is 7.25. The molecule has 6 nitrogen and oxygen atoms in total. The quantitative estimate of drug-likeness (QED) is 0.788. The average molecular weight is 320 g/mol. The number of esters is 1. The summed E-state index contributed by atoms with van der Waals surface area (Å²) in [6, 6.07) is 8.89. The van der Waals surface area contributed by atoms with Gasteiger partial charge in [-0.3, -0.25) is 14.9 Å². The van der Waals surface area contributed by atoms with Gasteiger partial charge >= 0.3 is 12.0 Å². The molecular weight excluding hydrogens is 296 g/mol. The molecule has 0 heterocycles. The summed E-state index contributed by atoms with van der Waals surface area (Å²) in [7, 11) is 0. The highest BCUT2D eigenvalue weighted by Gasteiger charge is 2.21. The van der Waals surface area contributed by atoms with Crippen molar-refractivity contribution in [1.29, 1.82) is 0 Å². The normalized spacial score (nSPS) is 13.1. The Balaban J connectivity index is 2.44. The number of benzene rings is 1. The van der Waals surface area contributed by atoms with Gasteiger partial charge in [-0.2, -0.15) is 0 Å². The number of ether oxygens (including phenoxy) is 1. The molecule has 0 fully saturated rings. The third-order valence-electron chi connectivity index (χ3n) is 3.18. The average Bonchev–Trinajstić information content (AvgIpc) is 2.46. The minimum atomic E-state index is -1.02. The zero-order chi connectivity index (χ0) is 17.4. The Morgan fingerprint density at radius 3 is 2.22 bits per heavy atom. The lowest BCUT2D eigenvalue weighted by molar-refractivity contribution is -0.154. The highest BCUT2D eigenvalue weighted by molar-refractivity contribution is 5.97. The summed E-state index contributed by atoms with van der Waals surface area (Å²) in [6.45, 7) is 6.90. The number of amides is 3. The standard InChI is InChI=1S/C17H24N2O4/c1-11(2)18-17(22)19-16(21)13(4)23-15(20)10-12(3)14-8-6-5-7-9-14/h5-9,11-13H,10H2,1-4H3,(H2,18,19,21,22)/t12-,13+/m1/s1. The minimum Gasteiger partial charge on any atom is -0.453 e. The maximum Gasteiger partial charge on any atom is 0.321 e. The maximum atomic E-state index is 11.9. The fraction of sp³-hybridized carbons (Fsp3) is 0.471. The molecule has 0 aliphatic rings. The van der Waals surface area contributed by atoms with Gasteiger partial charge in [-0.05, 0) is 32.3 Å². The predicted molar refractivity (Wildman–Crippen MR) is 86.8 cm³/mol. The molecule has 0 saturated heterocycles. The SMILES string of the molecule is CC(C)NC(=O)NC(=O)[C@H](C)OC(=O)C[C@@H](C)c1ccccc1. The summed E-state index contributed by atoms with van der Waals surface area (Å²) in [6.07, 6.45) is -0.858. The third-order valence-corrected chi connectivity index (χ3v) is 3.18. The van der Waals surface area contributed by atoms with Crippen molar-refractivity contribution in [3.63, 3.8) is 0 Å². The van der Waals surface area contributed by atoms with Crippen LogP contribution in [0, 0.1) is 0 Å². The van der Waals surface area contributed by atoms with E-state index in [-0.39, 0.29) is 18.4 Å². The van der Waals surface area contributed by atoms with Crippen LogP contribution < -0.4 is 10.6 Å². The van der Waals surface area contributed by atoms with Gasteiger partial charge < -0.3 is 10.1 Å². The Morgan fingerprint density at radius 1 is 1.04 bits per heavy atom. The first kappa shape index (κ1) is 18.7. The molecule has 0 radical (unpaired) electrons. The van der Waals surface area contributed by atoms with Gasteiger partial charge in [0.05, 0.1) is 6.42 Å². The lowest BCUT2D eigenvalue weighted by Crippen LogP contribution is -2.46. The molecule has 0 saturated carbocycles. The number of hydrogen-bond acceptors (Lipinski definition) is 4. The lowest BCUT2D eigenvalue weighted by Gasteiger charge is -2.16. The molecule has 2 N–H and O–H groups in total. The summed E-state index contributed by atoms with van der Waals surface area (Å²) in [5.41, 5.74) is 1.03. The van der Waals surface area contributed by atoms with Gasteiger partial charge in [0.25, 0.3) is 5.91 Å². The van der Waals surface area contributed by atoms with E-state index in [2.05, 4.69) is 10.6 Å². The van der Waals surface area contributed by atoms with E-state index in [9.17, 15) is 14.4 Å². The van der Waals surface area contributed by atoms with E-state index in [4.69, 9.17) is 4.74 Å². The van der Waals surface area contributed by atoms with E-state index < -0.39 is 24.0 Å². The number of imide groups is 1. The van der Waals surface area contributed by atoms with Crippen LogP contribution in [0.25, 0.3) is 0 Å². The molecule has 0 spiro atoms. The molecule has 0 unspecified atom stereocenters. The Hall–Kier alpha value is -2.37. The fourth-order valence-corrected chi connectivity index (χ4v) is 1.96. The molecule has 0 aliphatic carbocycles. The van der Waals surface area contributed by atoms with Crippen molar-refractivity contribution in [2.45, 2.75) is 52.2 Å². The van der Waals surface area contributed by atoms with Crippen molar-refractivity contribution in [2.75, 3.05) is 0 Å². The predicted octanol–water partition coefficient (Wildman–Crippen LogP) is 2.35. The molecule has 23 heavy (non-hydrogen) atoms. The van der Waals surface area contributed by atoms with Gasteiger partial charge in [0.2, 0.25) is 0 Å². The molecule has 6 heteroatoms. The summed E-state index contributed by atoms with van der Waals surface area (Å²) in [4.78, 5) is 35.1. The number of carbonyl (C=O) groups is 3. The summed E-state index contributed by atoms with van der Waals surface area (Å²) in [5.74, 6) is -1.14. The Bertz CT molecular complexity index is 543. The van der Waals surface area contributed by atoms with Crippen LogP contribution >= 0.6 is 0 Å². The fourth-order valence-electron chi connectivity index (χ4n) is 1.96. The monoisotopic (exact) mass is 320 g/mol. The van der Waals surface area contributed by atoms with E-state index in [0.717, 1.165) is 5.56 Å². The number of carbonyl (C=O) groups excluding carboxylic acids is 3. The van der Waals surface area contributed by atoms with Crippen LogP contribution in [0.1, 0.15) is 45.6 Å². The number of hydrogen-bond donors (Lipinski definition) is 2. The van der Waals surface area contributed by atoms with Crippen LogP contribution in [-0.4, -0.2) is 30.1 Å². The van der Waals surface area contributed by atoms with Gasteiger partial charge in [-0.25, -0.2) is 4.79 Å². The molecule has 1 aromatic carbocycles. The molecule has 3 amide bonds. The van der Waals surface area contributed by atoms with Gasteiger partial charge in [0.15, 0.2) is 6.10 Å². The second kappa shape index (κ2) is 8.92. The van der Waals surface area contributed by atoms with Crippen molar-refractivity contribution >= 4 is 17.9 Å². The highest BCUT2D eigenvalue weighted by atomic mass is 16.5. The Morgan fingerprint density at radius 2 is 1.65 bits per heavy atom. The Labute approximate surface area is 136 Å². The molecule has 1 aromatic rings. The van der Waals surface area contributed by atoms with Crippen LogP contribution in [0.15, 0.2) is 30.3 Å². The maximum absolute atomic E-state index is 11.9. The number of rotatable bonds is 6. The second-order valence-electron chi connectivity index (χ2n) is 5.77. The van der Waals surface area contributed by atoms with Crippen molar-refractivity contribution in [3.05, 3.63) is 35.9 Å². The van der Waals surface area contributed by atoms with Crippen LogP contribution in [0.4, 0.5) is 4.79 Å². The first-order chi connectivity index (χ1) is 10.8. The van der Waals surface area contributed by atoms with E-state index in [1.807, 2.05) is 37.3 Å². The van der Waals surface area contributed by atoms with Gasteiger partial charge in [-0.15, -0.1) is 0 Å². The summed E-state index contributed by atoms with van der Waals surface area (Å²) in [5, 5.41) is 4.66. The molecule has 0 bridgehead atoms. The molecule has 2 atom stereocenters. The van der Waals surface area contributed by atoms with E-state index in [1.165, 1.54) is 6.92 Å². The van der Waals surface area contributed by atoms with Gasteiger partial charge in [0.1, 0.15) is 0 Å². The van der Waals surface area contributed by atoms with Crippen molar-refractivity contribution in [1.82, 2.24) is 10.6 Å². The molecular formula is C17H24N2O4. The van der Waals surface area contributed by atoms with Crippen LogP contribution in [0.2, 0.25) is 0 Å². The smallest absolute Gasteiger partial charge is 0.321 e. The molecule has 0 aromatic heterocycles. The number of urea groups is 1. The van der Waals surface area contributed by atoms with Crippen LogP contribution in [0.3, 0.4) is 0 Å². The van der Waals surface area contributed by atoms with Crippen LogP contribution in [-0.2, 0) is 14.3 Å². The lowest BCUT2D eigenvalue weighted by atomic mass is 9.98. The van der Waals surface area contributed by atoms with E-state index in [1.54, 1.807) is 13.8 Å². The van der Waals surface area contributed by atoms with E-state index >= 15 is 0 Å². The van der Waals surface area contributed by atoms with Gasteiger partial charge in [0, 0.05) is 6.04 Å². The summed E-state index contributed by atoms with van der Waals surface area (Å²) < 4.78 is 5.08. The second-order valence-corrected chi connectivity index (χ2v) is 5.77. The van der Waals surface area contributed by atoms with Crippen molar-refractivity contribution in [3.8, 4) is 0 Å². The van der Waals surface area contributed by atoms with E-state index in [0.29, 0.717) is 0 Å². The molecule has 0 aliphatic heterocycles. The summed E-state index contributed by atoms with van der Waals surface area (Å²) >= 11 is 0. The molecule has 126 valence electrons. The third kappa shape index (κ3) is 6.95. The first-order valence-electron chi connectivity index (χ1n) is 7.65. The molecule has 1 rings (SSSR count). The zero-order valence-electron chi connectivity index (χ0n) is 14.0. The zero-order valence-corrected chi connectivity index (χ0v) is 14.0. The van der Waals surface area contributed by atoms with Crippen LogP contribution in [0.5, 0.6) is 0 Å².